The van der Waals surface area contributed by atoms with Crippen LogP contribution in [0.1, 0.15) is 41.5 Å². The molecule has 1 heterocycles. The van der Waals surface area contributed by atoms with Crippen LogP contribution in [0.4, 0.5) is 0 Å². The maximum atomic E-state index is 2.51. The first-order valence-electron chi connectivity index (χ1n) is 7.68. The van der Waals surface area contributed by atoms with Gasteiger partial charge >= 0.3 is 122 Å². The SMILES string of the molecule is CC1=CC(C)[C]([Ti+2]2([C]3=C(C)C(C)=CC3C)[CH2][CH2]2)=C1C.[Cl-].[Cl-]. The Bertz CT molecular complexity index is 526. The Morgan fingerprint density at radius 3 is 1.29 bits per heavy atom. The van der Waals surface area contributed by atoms with Crippen LogP contribution in [0.5, 0.6) is 0 Å². The van der Waals surface area contributed by atoms with Gasteiger partial charge in [0.15, 0.2) is 0 Å². The Hall–Kier alpha value is 0.254. The molecule has 0 nitrogen and oxygen atoms in total. The van der Waals surface area contributed by atoms with Crippen molar-refractivity contribution in [3.05, 3.63) is 42.2 Å². The number of rotatable bonds is 2. The summed E-state index contributed by atoms with van der Waals surface area (Å²) in [4.78, 5) is 0. The quantitative estimate of drug-likeness (QED) is 0.595. The molecule has 1 saturated heterocycles. The van der Waals surface area contributed by atoms with E-state index in [1.54, 1.807) is 31.7 Å². The molecule has 0 bridgehead atoms. The Morgan fingerprint density at radius 1 is 0.762 bits per heavy atom. The average molecular weight is 361 g/mol. The third-order valence-electron chi connectivity index (χ3n) is 5.68. The number of hydrogen-bond donors (Lipinski definition) is 0. The fraction of sp³-hybridized carbons (Fsp3) is 0.556. The van der Waals surface area contributed by atoms with Gasteiger partial charge in [-0.1, -0.05) is 0 Å². The van der Waals surface area contributed by atoms with Crippen LogP contribution in [0.15, 0.2) is 42.2 Å². The zero-order valence-corrected chi connectivity index (χ0v) is 17.1. The van der Waals surface area contributed by atoms with Gasteiger partial charge in [0.1, 0.15) is 0 Å². The van der Waals surface area contributed by atoms with Crippen molar-refractivity contribution in [2.24, 2.45) is 11.8 Å². The summed E-state index contributed by atoms with van der Waals surface area (Å²) in [6.07, 6.45) is 5.01. The molecule has 0 aromatic carbocycles. The summed E-state index contributed by atoms with van der Waals surface area (Å²) in [6.45, 7) is 14.2. The van der Waals surface area contributed by atoms with E-state index in [2.05, 4.69) is 53.7 Å². The molecule has 0 radical (unpaired) electrons. The van der Waals surface area contributed by atoms with Crippen LogP contribution < -0.4 is 24.8 Å². The van der Waals surface area contributed by atoms with Crippen molar-refractivity contribution in [1.29, 1.82) is 0 Å². The van der Waals surface area contributed by atoms with Crippen molar-refractivity contribution in [1.82, 2.24) is 0 Å². The van der Waals surface area contributed by atoms with Crippen LogP contribution >= 0.6 is 0 Å². The van der Waals surface area contributed by atoms with E-state index in [-0.39, 0.29) is 24.8 Å². The summed E-state index contributed by atoms with van der Waals surface area (Å²) in [5.41, 5.74) is 6.41. The summed E-state index contributed by atoms with van der Waals surface area (Å²) in [6, 6.07) is 0. The average Bonchev–Trinajstić information content (AvgIpc) is 2.98. The third kappa shape index (κ3) is 2.78. The fourth-order valence-electron chi connectivity index (χ4n) is 4.67. The van der Waals surface area contributed by atoms with Crippen LogP contribution in [-0.4, -0.2) is 0 Å². The molecular formula is C18H26Cl2Ti. The van der Waals surface area contributed by atoms with Gasteiger partial charge in [-0.15, -0.1) is 0 Å². The van der Waals surface area contributed by atoms with E-state index in [9.17, 15) is 0 Å². The van der Waals surface area contributed by atoms with Gasteiger partial charge in [-0.05, 0) is 0 Å². The summed E-state index contributed by atoms with van der Waals surface area (Å²) in [5.74, 6) is 1.44. The van der Waals surface area contributed by atoms with E-state index in [0.717, 1.165) is 11.8 Å². The van der Waals surface area contributed by atoms with Crippen molar-refractivity contribution in [2.45, 2.75) is 51.0 Å². The first kappa shape index (κ1) is 19.3. The van der Waals surface area contributed by atoms with Gasteiger partial charge in [-0.2, -0.15) is 0 Å². The van der Waals surface area contributed by atoms with Crippen molar-refractivity contribution in [3.8, 4) is 0 Å². The Labute approximate surface area is 146 Å². The predicted molar refractivity (Wildman–Crippen MR) is 80.9 cm³/mol. The molecule has 0 aromatic rings. The molecule has 0 saturated carbocycles. The maximum Gasteiger partial charge on any atom is -1.00 e. The molecule has 3 rings (SSSR count). The first-order chi connectivity index (χ1) is 8.88. The van der Waals surface area contributed by atoms with E-state index in [1.165, 1.54) is 0 Å². The van der Waals surface area contributed by atoms with Crippen molar-refractivity contribution < 1.29 is 41.4 Å². The van der Waals surface area contributed by atoms with Crippen molar-refractivity contribution in [2.75, 3.05) is 0 Å². The van der Waals surface area contributed by atoms with E-state index in [4.69, 9.17) is 0 Å². The minimum Gasteiger partial charge on any atom is -1.00 e. The van der Waals surface area contributed by atoms with Gasteiger partial charge in [0.25, 0.3) is 0 Å². The standard InChI is InChI=1S/2C8H11.C2H4.2ClH.Ti/c2*1-6-4-7(2)8(3)5-6;1-2;;;/h2*4,6H,1-3H3;1-2H2;2*1H;/q;;;;;+2/p-2. The Kier molecular flexibility index (Phi) is 5.88. The molecule has 21 heavy (non-hydrogen) atoms. The number of allylic oxidation sites excluding steroid dienone is 8. The van der Waals surface area contributed by atoms with Gasteiger partial charge in [-0.25, -0.2) is 0 Å². The van der Waals surface area contributed by atoms with Crippen molar-refractivity contribution in [3.63, 3.8) is 0 Å². The molecule has 0 aromatic heterocycles. The molecule has 0 N–H and O–H groups in total. The first-order valence-corrected chi connectivity index (χ1v) is 11.5. The summed E-state index contributed by atoms with van der Waals surface area (Å²) >= 11 is -1.86. The van der Waals surface area contributed by atoms with Gasteiger partial charge in [0, 0.05) is 0 Å². The van der Waals surface area contributed by atoms with E-state index in [0.29, 0.717) is 0 Å². The minimum absolute atomic E-state index is 0. The largest absolute Gasteiger partial charge is 1.00 e. The zero-order valence-electron chi connectivity index (χ0n) is 14.0. The molecule has 2 aliphatic carbocycles. The molecular weight excluding hydrogens is 335 g/mol. The van der Waals surface area contributed by atoms with Gasteiger partial charge in [0.2, 0.25) is 0 Å². The van der Waals surface area contributed by atoms with Crippen LogP contribution in [0.3, 0.4) is 0 Å². The summed E-state index contributed by atoms with van der Waals surface area (Å²) in [5, 5.41) is 0. The molecule has 2 unspecified atom stereocenters. The van der Waals surface area contributed by atoms with Gasteiger partial charge in [0.05, 0.1) is 0 Å². The van der Waals surface area contributed by atoms with Gasteiger partial charge < -0.3 is 24.8 Å². The van der Waals surface area contributed by atoms with E-state index in [1.807, 2.05) is 7.76 Å². The predicted octanol–water partition coefficient (Wildman–Crippen LogP) is -0.261. The topological polar surface area (TPSA) is 0 Å². The molecule has 3 heteroatoms. The van der Waals surface area contributed by atoms with E-state index >= 15 is 0 Å². The minimum atomic E-state index is -1.86. The Morgan fingerprint density at radius 2 is 1.10 bits per heavy atom. The zero-order chi connectivity index (χ0) is 13.9. The van der Waals surface area contributed by atoms with E-state index < -0.39 is 16.6 Å². The summed E-state index contributed by atoms with van der Waals surface area (Å²) < 4.78 is 6.94. The normalized spacial score (nSPS) is 28.3. The molecule has 1 fully saturated rings. The maximum absolute atomic E-state index is 2.51. The van der Waals surface area contributed by atoms with Crippen LogP contribution in [0, 0.1) is 11.8 Å². The van der Waals surface area contributed by atoms with Crippen molar-refractivity contribution >= 4 is 0 Å². The second-order valence-corrected chi connectivity index (χ2v) is 13.6. The molecule has 116 valence electrons. The summed E-state index contributed by atoms with van der Waals surface area (Å²) in [7, 11) is 0. The second-order valence-electron chi connectivity index (χ2n) is 6.94. The molecule has 0 amide bonds. The molecule has 3 aliphatic rings. The van der Waals surface area contributed by atoms with Crippen LogP contribution in [0.2, 0.25) is 9.45 Å². The molecule has 0 spiro atoms. The smallest absolute Gasteiger partial charge is 1.00 e. The second kappa shape index (κ2) is 6.40. The number of halogens is 2. The molecule has 2 atom stereocenters. The Balaban J connectivity index is 0.00000110. The fourth-order valence-corrected chi connectivity index (χ4v) is 14.6. The van der Waals surface area contributed by atoms with Crippen LogP contribution in [-0.2, 0) is 16.6 Å². The van der Waals surface area contributed by atoms with Crippen LogP contribution in [0.25, 0.3) is 0 Å². The number of hydrogen-bond acceptors (Lipinski definition) is 0. The molecule has 1 aliphatic heterocycles. The monoisotopic (exact) mass is 360 g/mol. The third-order valence-corrected chi connectivity index (χ3v) is 13.8. The van der Waals surface area contributed by atoms with Gasteiger partial charge in [-0.3, -0.25) is 0 Å².